The molecule has 1 aromatic heterocycles. The SMILES string of the molecule is CCC(C)n1cc(S(=O)(=O)Cl)c(COC)n1. The first kappa shape index (κ1) is 13.5. The Labute approximate surface area is 99.8 Å². The van der Waals surface area contributed by atoms with Crippen molar-refractivity contribution in [2.24, 2.45) is 0 Å². The van der Waals surface area contributed by atoms with Gasteiger partial charge in [-0.25, -0.2) is 8.42 Å². The minimum atomic E-state index is -3.77. The molecule has 0 aromatic carbocycles. The van der Waals surface area contributed by atoms with Crippen molar-refractivity contribution in [2.75, 3.05) is 7.11 Å². The molecule has 7 heteroatoms. The van der Waals surface area contributed by atoms with Crippen molar-refractivity contribution >= 4 is 19.7 Å². The maximum absolute atomic E-state index is 11.3. The van der Waals surface area contributed by atoms with Gasteiger partial charge in [0.15, 0.2) is 0 Å². The molecule has 0 bridgehead atoms. The Balaban J connectivity index is 3.20. The molecule has 1 heterocycles. The van der Waals surface area contributed by atoms with Gasteiger partial charge >= 0.3 is 0 Å². The van der Waals surface area contributed by atoms with E-state index in [1.54, 1.807) is 4.68 Å². The number of rotatable bonds is 5. The van der Waals surface area contributed by atoms with Crippen LogP contribution in [0, 0.1) is 0 Å². The van der Waals surface area contributed by atoms with Crippen LogP contribution in [-0.4, -0.2) is 25.3 Å². The van der Waals surface area contributed by atoms with Gasteiger partial charge in [0.25, 0.3) is 9.05 Å². The molecule has 1 unspecified atom stereocenters. The summed E-state index contributed by atoms with van der Waals surface area (Å²) in [6.07, 6.45) is 2.31. The van der Waals surface area contributed by atoms with Crippen molar-refractivity contribution in [1.29, 1.82) is 0 Å². The summed E-state index contributed by atoms with van der Waals surface area (Å²) in [5.74, 6) is 0. The number of ether oxygens (including phenoxy) is 1. The second-order valence-electron chi connectivity index (χ2n) is 3.55. The van der Waals surface area contributed by atoms with E-state index >= 15 is 0 Å². The lowest BCUT2D eigenvalue weighted by molar-refractivity contribution is 0.178. The van der Waals surface area contributed by atoms with Gasteiger partial charge in [0, 0.05) is 30.0 Å². The molecule has 0 aliphatic carbocycles. The lowest BCUT2D eigenvalue weighted by atomic mass is 10.3. The fraction of sp³-hybridized carbons (Fsp3) is 0.667. The molecule has 0 N–H and O–H groups in total. The lowest BCUT2D eigenvalue weighted by Gasteiger charge is -2.07. The first-order valence-electron chi connectivity index (χ1n) is 4.91. The van der Waals surface area contributed by atoms with Crippen molar-refractivity contribution in [3.63, 3.8) is 0 Å². The Morgan fingerprint density at radius 2 is 2.25 bits per heavy atom. The highest BCUT2D eigenvalue weighted by molar-refractivity contribution is 8.13. The molecule has 0 radical (unpaired) electrons. The van der Waals surface area contributed by atoms with Gasteiger partial charge in [0.2, 0.25) is 0 Å². The number of methoxy groups -OCH3 is 1. The van der Waals surface area contributed by atoms with Gasteiger partial charge in [-0.15, -0.1) is 0 Å². The molecule has 0 aliphatic rings. The Kier molecular flexibility index (Phi) is 4.35. The predicted molar refractivity (Wildman–Crippen MR) is 61.0 cm³/mol. The minimum absolute atomic E-state index is 0.0244. The van der Waals surface area contributed by atoms with E-state index in [2.05, 4.69) is 5.10 Å². The fourth-order valence-corrected chi connectivity index (χ4v) is 2.27. The van der Waals surface area contributed by atoms with Gasteiger partial charge in [-0.1, -0.05) is 6.92 Å². The van der Waals surface area contributed by atoms with Gasteiger partial charge in [-0.05, 0) is 13.3 Å². The summed E-state index contributed by atoms with van der Waals surface area (Å²) in [4.78, 5) is 0.0244. The molecule has 1 rings (SSSR count). The third-order valence-corrected chi connectivity index (χ3v) is 3.72. The van der Waals surface area contributed by atoms with Crippen LogP contribution >= 0.6 is 10.7 Å². The van der Waals surface area contributed by atoms with Crippen LogP contribution in [0.5, 0.6) is 0 Å². The van der Waals surface area contributed by atoms with Gasteiger partial charge in [0.05, 0.1) is 6.61 Å². The minimum Gasteiger partial charge on any atom is -0.378 e. The number of nitrogens with zero attached hydrogens (tertiary/aromatic N) is 2. The second kappa shape index (κ2) is 5.16. The summed E-state index contributed by atoms with van der Waals surface area (Å²) in [6, 6.07) is 0.128. The van der Waals surface area contributed by atoms with Crippen LogP contribution in [0.1, 0.15) is 32.0 Å². The van der Waals surface area contributed by atoms with Crippen molar-refractivity contribution < 1.29 is 13.2 Å². The molecule has 1 atom stereocenters. The smallest absolute Gasteiger partial charge is 0.264 e. The molecular formula is C9H15ClN2O3S. The average Bonchev–Trinajstić information content (AvgIpc) is 2.61. The van der Waals surface area contributed by atoms with Crippen LogP contribution in [0.4, 0.5) is 0 Å². The van der Waals surface area contributed by atoms with E-state index in [0.717, 1.165) is 6.42 Å². The normalized spacial score (nSPS) is 14.0. The molecule has 0 saturated carbocycles. The standard InChI is InChI=1S/C9H15ClN2O3S/c1-4-7(2)12-5-9(16(10,13)14)8(11-12)6-15-3/h5,7H,4,6H2,1-3H3. The number of hydrogen-bond acceptors (Lipinski definition) is 4. The zero-order valence-corrected chi connectivity index (χ0v) is 11.0. The molecule has 0 saturated heterocycles. The first-order valence-corrected chi connectivity index (χ1v) is 7.22. The van der Waals surface area contributed by atoms with Gasteiger partial charge in [0.1, 0.15) is 10.6 Å². The summed E-state index contributed by atoms with van der Waals surface area (Å²) in [7, 11) is 3.04. The number of aromatic nitrogens is 2. The number of halogens is 1. The van der Waals surface area contributed by atoms with Crippen LogP contribution < -0.4 is 0 Å². The summed E-state index contributed by atoms with van der Waals surface area (Å²) in [5, 5.41) is 4.17. The quantitative estimate of drug-likeness (QED) is 0.764. The van der Waals surface area contributed by atoms with Crippen molar-refractivity contribution in [3.8, 4) is 0 Å². The van der Waals surface area contributed by atoms with E-state index in [4.69, 9.17) is 15.4 Å². The fourth-order valence-electron chi connectivity index (χ4n) is 1.27. The van der Waals surface area contributed by atoms with Crippen LogP contribution in [-0.2, 0) is 20.4 Å². The third-order valence-electron chi connectivity index (χ3n) is 2.36. The van der Waals surface area contributed by atoms with Crippen molar-refractivity contribution in [1.82, 2.24) is 9.78 Å². The summed E-state index contributed by atoms with van der Waals surface area (Å²) in [6.45, 7) is 4.08. The molecule has 92 valence electrons. The highest BCUT2D eigenvalue weighted by atomic mass is 35.7. The Hall–Kier alpha value is -0.590. The van der Waals surface area contributed by atoms with E-state index in [1.807, 2.05) is 13.8 Å². The molecule has 0 fully saturated rings. The van der Waals surface area contributed by atoms with Gasteiger partial charge < -0.3 is 4.74 Å². The van der Waals surface area contributed by atoms with Crippen LogP contribution in [0.3, 0.4) is 0 Å². The second-order valence-corrected chi connectivity index (χ2v) is 6.08. The van der Waals surface area contributed by atoms with Gasteiger partial charge in [-0.2, -0.15) is 5.10 Å². The Bertz CT molecular complexity index is 455. The monoisotopic (exact) mass is 266 g/mol. The molecule has 16 heavy (non-hydrogen) atoms. The molecular weight excluding hydrogens is 252 g/mol. The van der Waals surface area contributed by atoms with E-state index in [0.29, 0.717) is 5.69 Å². The van der Waals surface area contributed by atoms with Crippen LogP contribution in [0.15, 0.2) is 11.1 Å². The third kappa shape index (κ3) is 2.96. The zero-order chi connectivity index (χ0) is 12.3. The molecule has 1 aromatic rings. The zero-order valence-electron chi connectivity index (χ0n) is 9.47. The largest absolute Gasteiger partial charge is 0.378 e. The van der Waals surface area contributed by atoms with Crippen molar-refractivity contribution in [3.05, 3.63) is 11.9 Å². The topological polar surface area (TPSA) is 61.2 Å². The van der Waals surface area contributed by atoms with Crippen LogP contribution in [0.25, 0.3) is 0 Å². The van der Waals surface area contributed by atoms with E-state index in [9.17, 15) is 8.42 Å². The first-order chi connectivity index (χ1) is 7.40. The van der Waals surface area contributed by atoms with Crippen LogP contribution in [0.2, 0.25) is 0 Å². The summed E-state index contributed by atoms with van der Waals surface area (Å²) in [5.41, 5.74) is 0.345. The molecule has 0 spiro atoms. The Morgan fingerprint density at radius 1 is 1.62 bits per heavy atom. The van der Waals surface area contributed by atoms with E-state index in [-0.39, 0.29) is 17.5 Å². The predicted octanol–water partition coefficient (Wildman–Crippen LogP) is 1.93. The maximum atomic E-state index is 11.3. The average molecular weight is 267 g/mol. The molecule has 0 amide bonds. The molecule has 0 aliphatic heterocycles. The Morgan fingerprint density at radius 3 is 2.69 bits per heavy atom. The maximum Gasteiger partial charge on any atom is 0.264 e. The highest BCUT2D eigenvalue weighted by Gasteiger charge is 2.21. The summed E-state index contributed by atoms with van der Waals surface area (Å²) >= 11 is 0. The highest BCUT2D eigenvalue weighted by Crippen LogP contribution is 2.22. The van der Waals surface area contributed by atoms with E-state index < -0.39 is 9.05 Å². The lowest BCUT2D eigenvalue weighted by Crippen LogP contribution is -2.04. The molecule has 5 nitrogen and oxygen atoms in total. The van der Waals surface area contributed by atoms with E-state index in [1.165, 1.54) is 13.3 Å². The van der Waals surface area contributed by atoms with Gasteiger partial charge in [-0.3, -0.25) is 4.68 Å². The summed E-state index contributed by atoms with van der Waals surface area (Å²) < 4.78 is 29.1. The number of hydrogen-bond donors (Lipinski definition) is 0. The van der Waals surface area contributed by atoms with Crippen molar-refractivity contribution in [2.45, 2.75) is 37.8 Å².